The first-order valence-corrected chi connectivity index (χ1v) is 7.77. The highest BCUT2D eigenvalue weighted by molar-refractivity contribution is 5.11. The highest BCUT2D eigenvalue weighted by atomic mass is 14.9. The van der Waals surface area contributed by atoms with E-state index in [-0.39, 0.29) is 0 Å². The van der Waals surface area contributed by atoms with Crippen molar-refractivity contribution in [3.8, 4) is 0 Å². The summed E-state index contributed by atoms with van der Waals surface area (Å²) in [5.41, 5.74) is 1.40. The van der Waals surface area contributed by atoms with Crippen molar-refractivity contribution in [1.82, 2.24) is 10.3 Å². The first-order valence-electron chi connectivity index (χ1n) is 7.77. The van der Waals surface area contributed by atoms with Gasteiger partial charge in [-0.3, -0.25) is 4.98 Å². The summed E-state index contributed by atoms with van der Waals surface area (Å²) in [5, 5.41) is 3.54. The molecule has 1 atom stereocenters. The number of aromatic nitrogens is 1. The summed E-state index contributed by atoms with van der Waals surface area (Å²) >= 11 is 0. The van der Waals surface area contributed by atoms with E-state index in [9.17, 15) is 0 Å². The summed E-state index contributed by atoms with van der Waals surface area (Å²) in [5.74, 6) is 2.65. The number of nitrogens with one attached hydrogen (secondary N) is 1. The molecule has 19 heavy (non-hydrogen) atoms. The van der Waals surface area contributed by atoms with Crippen molar-refractivity contribution < 1.29 is 0 Å². The van der Waals surface area contributed by atoms with Crippen LogP contribution in [0.1, 0.15) is 45.1 Å². The van der Waals surface area contributed by atoms with Gasteiger partial charge < -0.3 is 5.32 Å². The van der Waals surface area contributed by atoms with Crippen LogP contribution in [0.15, 0.2) is 24.5 Å². The fourth-order valence-corrected chi connectivity index (χ4v) is 3.49. The predicted molar refractivity (Wildman–Crippen MR) is 81.1 cm³/mol. The molecule has 1 heterocycles. The second-order valence-corrected chi connectivity index (χ2v) is 6.37. The van der Waals surface area contributed by atoms with E-state index in [1.807, 2.05) is 12.4 Å². The van der Waals surface area contributed by atoms with Crippen LogP contribution < -0.4 is 5.32 Å². The molecule has 0 bridgehead atoms. The van der Waals surface area contributed by atoms with Crippen LogP contribution >= 0.6 is 0 Å². The van der Waals surface area contributed by atoms with Crippen molar-refractivity contribution in [3.05, 3.63) is 30.1 Å². The van der Waals surface area contributed by atoms with Crippen LogP contribution in [-0.2, 0) is 6.42 Å². The summed E-state index contributed by atoms with van der Waals surface area (Å²) in [6, 6.07) is 4.91. The molecule has 0 amide bonds. The lowest BCUT2D eigenvalue weighted by Gasteiger charge is -2.35. The summed E-state index contributed by atoms with van der Waals surface area (Å²) in [6.07, 6.45) is 10.5. The number of hydrogen-bond acceptors (Lipinski definition) is 2. The first-order chi connectivity index (χ1) is 9.20. The van der Waals surface area contributed by atoms with Crippen molar-refractivity contribution in [2.75, 3.05) is 7.05 Å². The minimum Gasteiger partial charge on any atom is -0.316 e. The molecule has 2 rings (SSSR count). The van der Waals surface area contributed by atoms with Crippen LogP contribution in [-0.4, -0.2) is 18.1 Å². The fourth-order valence-electron chi connectivity index (χ4n) is 3.49. The number of hydrogen-bond donors (Lipinski definition) is 1. The second kappa shape index (κ2) is 7.04. The Morgan fingerprint density at radius 2 is 1.68 bits per heavy atom. The second-order valence-electron chi connectivity index (χ2n) is 6.37. The van der Waals surface area contributed by atoms with E-state index in [2.05, 4.69) is 43.3 Å². The number of rotatable bonds is 5. The standard InChI is InChI=1S/C17H28N2/c1-13(2)15-4-6-16(7-5-15)17(18-3)12-14-8-10-19-11-9-14/h8-11,13,15-18H,4-7,12H2,1-3H3. The smallest absolute Gasteiger partial charge is 0.0270 e. The van der Waals surface area contributed by atoms with Gasteiger partial charge in [-0.1, -0.05) is 13.8 Å². The van der Waals surface area contributed by atoms with E-state index >= 15 is 0 Å². The molecule has 1 fully saturated rings. The predicted octanol–water partition coefficient (Wildman–Crippen LogP) is 3.67. The van der Waals surface area contributed by atoms with Gasteiger partial charge in [0.2, 0.25) is 0 Å². The van der Waals surface area contributed by atoms with Gasteiger partial charge in [-0.05, 0) is 74.6 Å². The summed E-state index contributed by atoms with van der Waals surface area (Å²) in [6.45, 7) is 4.75. The van der Waals surface area contributed by atoms with Gasteiger partial charge in [0.25, 0.3) is 0 Å². The lowest BCUT2D eigenvalue weighted by molar-refractivity contribution is 0.191. The topological polar surface area (TPSA) is 24.9 Å². The fraction of sp³-hybridized carbons (Fsp3) is 0.706. The molecule has 1 unspecified atom stereocenters. The lowest BCUT2D eigenvalue weighted by Crippen LogP contribution is -2.38. The van der Waals surface area contributed by atoms with Crippen LogP contribution in [0.25, 0.3) is 0 Å². The molecule has 1 aliphatic carbocycles. The van der Waals surface area contributed by atoms with E-state index in [4.69, 9.17) is 0 Å². The van der Waals surface area contributed by atoms with Crippen LogP contribution in [0.4, 0.5) is 0 Å². The zero-order valence-corrected chi connectivity index (χ0v) is 12.6. The Labute approximate surface area is 118 Å². The van der Waals surface area contributed by atoms with Crippen molar-refractivity contribution >= 4 is 0 Å². The Morgan fingerprint density at radius 3 is 2.21 bits per heavy atom. The Morgan fingerprint density at radius 1 is 1.11 bits per heavy atom. The number of pyridine rings is 1. The zero-order valence-electron chi connectivity index (χ0n) is 12.6. The molecule has 1 aliphatic rings. The third kappa shape index (κ3) is 4.04. The Balaban J connectivity index is 1.89. The van der Waals surface area contributed by atoms with Gasteiger partial charge in [-0.2, -0.15) is 0 Å². The van der Waals surface area contributed by atoms with Crippen LogP contribution in [0.2, 0.25) is 0 Å². The maximum Gasteiger partial charge on any atom is 0.0270 e. The minimum atomic E-state index is 0.621. The molecular weight excluding hydrogens is 232 g/mol. The molecule has 0 spiro atoms. The van der Waals surface area contributed by atoms with Crippen molar-refractivity contribution in [1.29, 1.82) is 0 Å². The van der Waals surface area contributed by atoms with Gasteiger partial charge in [0.1, 0.15) is 0 Å². The normalized spacial score (nSPS) is 25.5. The average molecular weight is 260 g/mol. The largest absolute Gasteiger partial charge is 0.316 e. The highest BCUT2D eigenvalue weighted by Crippen LogP contribution is 2.35. The maximum atomic E-state index is 4.10. The first kappa shape index (κ1) is 14.5. The molecule has 106 valence electrons. The third-order valence-electron chi connectivity index (χ3n) is 4.90. The molecule has 1 aromatic heterocycles. The van der Waals surface area contributed by atoms with Crippen molar-refractivity contribution in [2.45, 2.75) is 52.0 Å². The van der Waals surface area contributed by atoms with Crippen LogP contribution in [0.5, 0.6) is 0 Å². The molecule has 0 radical (unpaired) electrons. The SMILES string of the molecule is CNC(Cc1ccncc1)C1CCC(C(C)C)CC1. The van der Waals surface area contributed by atoms with Gasteiger partial charge in [0.05, 0.1) is 0 Å². The lowest BCUT2D eigenvalue weighted by atomic mass is 9.73. The molecular formula is C17H28N2. The van der Waals surface area contributed by atoms with Gasteiger partial charge >= 0.3 is 0 Å². The van der Waals surface area contributed by atoms with Gasteiger partial charge in [-0.25, -0.2) is 0 Å². The molecule has 1 N–H and O–H groups in total. The molecule has 0 aliphatic heterocycles. The number of likely N-dealkylation sites (N-methyl/N-ethyl adjacent to an activating group) is 1. The van der Waals surface area contributed by atoms with Crippen molar-refractivity contribution in [2.24, 2.45) is 17.8 Å². The molecule has 2 heteroatoms. The zero-order chi connectivity index (χ0) is 13.7. The summed E-state index contributed by atoms with van der Waals surface area (Å²) in [4.78, 5) is 4.10. The molecule has 2 nitrogen and oxygen atoms in total. The molecule has 0 saturated heterocycles. The average Bonchev–Trinajstić information content (AvgIpc) is 2.46. The molecule has 1 saturated carbocycles. The monoisotopic (exact) mass is 260 g/mol. The van der Waals surface area contributed by atoms with Gasteiger partial charge in [0.15, 0.2) is 0 Å². The molecule has 0 aromatic carbocycles. The Kier molecular flexibility index (Phi) is 5.38. The third-order valence-corrected chi connectivity index (χ3v) is 4.90. The van der Waals surface area contributed by atoms with Gasteiger partial charge in [0, 0.05) is 18.4 Å². The maximum absolute atomic E-state index is 4.10. The number of nitrogens with zero attached hydrogens (tertiary/aromatic N) is 1. The Bertz CT molecular complexity index is 353. The summed E-state index contributed by atoms with van der Waals surface area (Å²) in [7, 11) is 2.11. The van der Waals surface area contributed by atoms with Crippen molar-refractivity contribution in [3.63, 3.8) is 0 Å². The van der Waals surface area contributed by atoms with E-state index in [1.165, 1.54) is 31.2 Å². The van der Waals surface area contributed by atoms with Crippen LogP contribution in [0, 0.1) is 17.8 Å². The van der Waals surface area contributed by atoms with Gasteiger partial charge in [-0.15, -0.1) is 0 Å². The van der Waals surface area contributed by atoms with Crippen LogP contribution in [0.3, 0.4) is 0 Å². The Hall–Kier alpha value is -0.890. The summed E-state index contributed by atoms with van der Waals surface area (Å²) < 4.78 is 0. The quantitative estimate of drug-likeness (QED) is 0.873. The molecule has 1 aromatic rings. The van der Waals surface area contributed by atoms with E-state index < -0.39 is 0 Å². The van der Waals surface area contributed by atoms with E-state index in [0.717, 1.165) is 24.2 Å². The van der Waals surface area contributed by atoms with E-state index in [0.29, 0.717) is 6.04 Å². The highest BCUT2D eigenvalue weighted by Gasteiger charge is 2.27. The van der Waals surface area contributed by atoms with E-state index in [1.54, 1.807) is 0 Å². The minimum absolute atomic E-state index is 0.621.